The van der Waals surface area contributed by atoms with E-state index in [1.54, 1.807) is 6.20 Å². The average Bonchev–Trinajstić information content (AvgIpc) is 3.00. The monoisotopic (exact) mass is 284 g/mol. The molecule has 0 saturated heterocycles. The maximum Gasteiger partial charge on any atom is 0.371 e. The van der Waals surface area contributed by atoms with E-state index in [1.807, 2.05) is 12.1 Å². The van der Waals surface area contributed by atoms with E-state index >= 15 is 0 Å². The highest BCUT2D eigenvalue weighted by molar-refractivity contribution is 6.05. The summed E-state index contributed by atoms with van der Waals surface area (Å²) >= 11 is 0. The number of fused-ring (bicyclic) bond motifs is 3. The smallest absolute Gasteiger partial charge is 0.371 e. The summed E-state index contributed by atoms with van der Waals surface area (Å²) < 4.78 is 5.35. The minimum Gasteiger partial charge on any atom is -0.475 e. The number of hydrogen-bond donors (Lipinski definition) is 2. The maximum atomic E-state index is 12.5. The Bertz CT molecular complexity index is 780. The van der Waals surface area contributed by atoms with Gasteiger partial charge in [0.05, 0.1) is 5.41 Å². The summed E-state index contributed by atoms with van der Waals surface area (Å²) in [6, 6.07) is 5.25. The lowest BCUT2D eigenvalue weighted by Gasteiger charge is -2.30. The fourth-order valence-electron chi connectivity index (χ4n) is 3.34. The third kappa shape index (κ3) is 1.55. The number of nitrogens with one attached hydrogen (secondary N) is 1. The van der Waals surface area contributed by atoms with Gasteiger partial charge >= 0.3 is 5.97 Å². The molecule has 2 aliphatic rings. The SMILES string of the molecule is O=C(O)c1cc2c(o1)CC[C@@]1(C2)C(=O)Nc2ncccc21. The summed E-state index contributed by atoms with van der Waals surface area (Å²) in [5.41, 5.74) is 1.03. The predicted octanol–water partition coefficient (Wildman–Crippen LogP) is 1.75. The number of carboxylic acid groups (broad SMARTS) is 1. The van der Waals surface area contributed by atoms with Crippen molar-refractivity contribution in [3.63, 3.8) is 0 Å². The highest BCUT2D eigenvalue weighted by Crippen LogP contribution is 2.46. The van der Waals surface area contributed by atoms with Gasteiger partial charge in [-0.05, 0) is 30.5 Å². The Hall–Kier alpha value is -2.63. The van der Waals surface area contributed by atoms with Crippen LogP contribution in [0.25, 0.3) is 0 Å². The molecule has 2 N–H and O–H groups in total. The number of aromatic nitrogens is 1. The summed E-state index contributed by atoms with van der Waals surface area (Å²) in [6.07, 6.45) is 3.23. The molecule has 0 fully saturated rings. The summed E-state index contributed by atoms with van der Waals surface area (Å²) in [4.78, 5) is 27.7. The molecule has 1 aliphatic carbocycles. The van der Waals surface area contributed by atoms with Crippen molar-refractivity contribution in [1.82, 2.24) is 4.98 Å². The number of rotatable bonds is 1. The third-order valence-electron chi connectivity index (χ3n) is 4.37. The van der Waals surface area contributed by atoms with Crippen LogP contribution in [0.15, 0.2) is 28.8 Å². The molecule has 21 heavy (non-hydrogen) atoms. The van der Waals surface area contributed by atoms with Crippen LogP contribution in [0.2, 0.25) is 0 Å². The van der Waals surface area contributed by atoms with Crippen molar-refractivity contribution in [3.8, 4) is 0 Å². The molecule has 0 bridgehead atoms. The molecule has 0 aromatic carbocycles. The van der Waals surface area contributed by atoms with E-state index in [1.165, 1.54) is 6.07 Å². The Balaban J connectivity index is 1.81. The van der Waals surface area contributed by atoms with Gasteiger partial charge < -0.3 is 14.8 Å². The van der Waals surface area contributed by atoms with Gasteiger partial charge in [-0.15, -0.1) is 0 Å². The summed E-state index contributed by atoms with van der Waals surface area (Å²) in [5, 5.41) is 11.8. The van der Waals surface area contributed by atoms with Crippen molar-refractivity contribution < 1.29 is 19.1 Å². The number of amides is 1. The van der Waals surface area contributed by atoms with Gasteiger partial charge in [-0.3, -0.25) is 4.79 Å². The molecule has 3 heterocycles. The van der Waals surface area contributed by atoms with Crippen LogP contribution >= 0.6 is 0 Å². The van der Waals surface area contributed by atoms with Crippen molar-refractivity contribution in [2.75, 3.05) is 5.32 Å². The minimum atomic E-state index is -1.09. The Morgan fingerprint density at radius 1 is 1.48 bits per heavy atom. The van der Waals surface area contributed by atoms with Crippen LogP contribution in [0.4, 0.5) is 5.82 Å². The Morgan fingerprint density at radius 3 is 3.14 bits per heavy atom. The molecule has 1 aliphatic heterocycles. The quantitative estimate of drug-likeness (QED) is 0.832. The zero-order chi connectivity index (χ0) is 14.6. The van der Waals surface area contributed by atoms with Gasteiger partial charge in [-0.25, -0.2) is 9.78 Å². The molecular weight excluding hydrogens is 272 g/mol. The molecular formula is C15H12N2O4. The Morgan fingerprint density at radius 2 is 2.33 bits per heavy atom. The number of pyridine rings is 1. The average molecular weight is 284 g/mol. The van der Waals surface area contributed by atoms with Crippen molar-refractivity contribution in [3.05, 3.63) is 47.0 Å². The van der Waals surface area contributed by atoms with Crippen molar-refractivity contribution >= 4 is 17.7 Å². The fraction of sp³-hybridized carbons (Fsp3) is 0.267. The highest BCUT2D eigenvalue weighted by atomic mass is 16.4. The number of aromatic carboxylic acids is 1. The summed E-state index contributed by atoms with van der Waals surface area (Å²) in [7, 11) is 0. The summed E-state index contributed by atoms with van der Waals surface area (Å²) in [6.45, 7) is 0. The molecule has 106 valence electrons. The zero-order valence-corrected chi connectivity index (χ0v) is 11.0. The largest absolute Gasteiger partial charge is 0.475 e. The fourth-order valence-corrected chi connectivity index (χ4v) is 3.34. The number of carbonyl (C=O) groups excluding carboxylic acids is 1. The third-order valence-corrected chi connectivity index (χ3v) is 4.37. The molecule has 6 nitrogen and oxygen atoms in total. The van der Waals surface area contributed by atoms with Gasteiger partial charge in [-0.2, -0.15) is 0 Å². The van der Waals surface area contributed by atoms with Crippen LogP contribution in [-0.2, 0) is 23.1 Å². The standard InChI is InChI=1S/C15H12N2O4/c18-13(19)11-6-8-7-15(4-3-10(8)21-11)9-2-1-5-16-12(9)17-14(15)20/h1-2,5-6H,3-4,7H2,(H,18,19)(H,16,17,20)/t15-/m0/s1. The van der Waals surface area contributed by atoms with Gasteiger partial charge in [0.2, 0.25) is 11.7 Å². The van der Waals surface area contributed by atoms with E-state index in [-0.39, 0.29) is 11.7 Å². The number of anilines is 1. The predicted molar refractivity (Wildman–Crippen MR) is 72.2 cm³/mol. The van der Waals surface area contributed by atoms with Crippen molar-refractivity contribution in [2.24, 2.45) is 0 Å². The van der Waals surface area contributed by atoms with Gasteiger partial charge in [0.15, 0.2) is 0 Å². The molecule has 1 amide bonds. The van der Waals surface area contributed by atoms with E-state index in [2.05, 4.69) is 10.3 Å². The van der Waals surface area contributed by atoms with Crippen molar-refractivity contribution in [1.29, 1.82) is 0 Å². The first-order chi connectivity index (χ1) is 10.1. The van der Waals surface area contributed by atoms with E-state index in [0.29, 0.717) is 30.8 Å². The zero-order valence-electron chi connectivity index (χ0n) is 11.0. The molecule has 6 heteroatoms. The van der Waals surface area contributed by atoms with Crippen molar-refractivity contribution in [2.45, 2.75) is 24.7 Å². The molecule has 4 rings (SSSR count). The number of furan rings is 1. The van der Waals surface area contributed by atoms with Crippen LogP contribution in [-0.4, -0.2) is 22.0 Å². The van der Waals surface area contributed by atoms with E-state index in [9.17, 15) is 9.59 Å². The first kappa shape index (κ1) is 12.1. The second-order valence-corrected chi connectivity index (χ2v) is 5.48. The summed E-state index contributed by atoms with van der Waals surface area (Å²) in [5.74, 6) is 0.0502. The van der Waals surface area contributed by atoms with Crippen LogP contribution in [0.1, 0.15) is 33.9 Å². The topological polar surface area (TPSA) is 92.4 Å². The second-order valence-electron chi connectivity index (χ2n) is 5.48. The second kappa shape index (κ2) is 3.94. The van der Waals surface area contributed by atoms with Crippen LogP contribution in [0, 0.1) is 0 Å². The van der Waals surface area contributed by atoms with E-state index in [0.717, 1.165) is 11.1 Å². The van der Waals surface area contributed by atoms with Gasteiger partial charge in [0.1, 0.15) is 11.6 Å². The molecule has 2 aromatic rings. The molecule has 0 saturated carbocycles. The normalized spacial score (nSPS) is 22.8. The van der Waals surface area contributed by atoms with E-state index < -0.39 is 11.4 Å². The lowest BCUT2D eigenvalue weighted by atomic mass is 9.70. The minimum absolute atomic E-state index is 0.0677. The van der Waals surface area contributed by atoms with Gasteiger partial charge in [0, 0.05) is 18.2 Å². The molecule has 1 spiro atoms. The molecule has 0 unspecified atom stereocenters. The van der Waals surface area contributed by atoms with Crippen LogP contribution in [0.3, 0.4) is 0 Å². The Kier molecular flexibility index (Phi) is 2.28. The number of nitrogens with zero attached hydrogens (tertiary/aromatic N) is 1. The maximum absolute atomic E-state index is 12.5. The van der Waals surface area contributed by atoms with Crippen LogP contribution < -0.4 is 5.32 Å². The Labute approximate surface area is 119 Å². The number of carboxylic acids is 1. The van der Waals surface area contributed by atoms with Gasteiger partial charge in [-0.1, -0.05) is 6.07 Å². The molecule has 2 aromatic heterocycles. The number of aryl methyl sites for hydroxylation is 1. The lowest BCUT2D eigenvalue weighted by Crippen LogP contribution is -2.39. The lowest BCUT2D eigenvalue weighted by molar-refractivity contribution is -0.121. The first-order valence-electron chi connectivity index (χ1n) is 6.72. The highest BCUT2D eigenvalue weighted by Gasteiger charge is 2.49. The number of hydrogen-bond acceptors (Lipinski definition) is 4. The molecule has 1 atom stereocenters. The first-order valence-corrected chi connectivity index (χ1v) is 6.72. The molecule has 0 radical (unpaired) electrons. The van der Waals surface area contributed by atoms with Gasteiger partial charge in [0.25, 0.3) is 0 Å². The van der Waals surface area contributed by atoms with E-state index in [4.69, 9.17) is 9.52 Å². The van der Waals surface area contributed by atoms with Crippen LogP contribution in [0.5, 0.6) is 0 Å². The number of carbonyl (C=O) groups is 2.